The van der Waals surface area contributed by atoms with Crippen LogP contribution in [0.3, 0.4) is 0 Å². The molecule has 0 saturated carbocycles. The molecule has 1 aromatic rings. The normalized spacial score (nSPS) is 25.8. The fraction of sp³-hybridized carbons (Fsp3) is 0.733. The Balaban J connectivity index is 1.55. The molecule has 0 radical (unpaired) electrons. The fourth-order valence-corrected chi connectivity index (χ4v) is 3.17. The summed E-state index contributed by atoms with van der Waals surface area (Å²) in [7, 11) is 0. The zero-order valence-corrected chi connectivity index (χ0v) is 11.7. The van der Waals surface area contributed by atoms with E-state index in [2.05, 4.69) is 14.9 Å². The molecule has 0 aromatic carbocycles. The highest BCUT2D eigenvalue weighted by Gasteiger charge is 2.28. The summed E-state index contributed by atoms with van der Waals surface area (Å²) in [6.45, 7) is 7.48. The SMILES string of the molecule is Cc1ccnc([C@H]2CCN(CC3CCOCC3)C2)n1. The van der Waals surface area contributed by atoms with Crippen molar-refractivity contribution in [3.63, 3.8) is 0 Å². The average molecular weight is 261 g/mol. The Kier molecular flexibility index (Phi) is 4.09. The lowest BCUT2D eigenvalue weighted by Gasteiger charge is -2.26. The van der Waals surface area contributed by atoms with Crippen molar-refractivity contribution in [3.8, 4) is 0 Å². The highest BCUT2D eigenvalue weighted by atomic mass is 16.5. The highest BCUT2D eigenvalue weighted by Crippen LogP contribution is 2.26. The van der Waals surface area contributed by atoms with Gasteiger partial charge in [-0.3, -0.25) is 0 Å². The summed E-state index contributed by atoms with van der Waals surface area (Å²) >= 11 is 0. The standard InChI is InChI=1S/C15H23N3O/c1-12-2-6-16-15(17-12)14-3-7-18(11-14)10-13-4-8-19-9-5-13/h2,6,13-14H,3-5,7-11H2,1H3/t14-/m0/s1. The maximum absolute atomic E-state index is 5.43. The van der Waals surface area contributed by atoms with Crippen LogP contribution in [-0.2, 0) is 4.74 Å². The van der Waals surface area contributed by atoms with Crippen molar-refractivity contribution in [2.75, 3.05) is 32.8 Å². The molecular weight excluding hydrogens is 238 g/mol. The molecule has 0 unspecified atom stereocenters. The molecule has 2 aliphatic heterocycles. The summed E-state index contributed by atoms with van der Waals surface area (Å²) in [5.74, 6) is 2.39. The molecule has 0 N–H and O–H groups in total. The smallest absolute Gasteiger partial charge is 0.132 e. The summed E-state index contributed by atoms with van der Waals surface area (Å²) in [4.78, 5) is 11.6. The molecule has 1 atom stereocenters. The molecule has 0 aliphatic carbocycles. The third kappa shape index (κ3) is 3.31. The molecule has 0 bridgehead atoms. The maximum Gasteiger partial charge on any atom is 0.132 e. The lowest BCUT2D eigenvalue weighted by Crippen LogP contribution is -2.30. The maximum atomic E-state index is 5.43. The minimum Gasteiger partial charge on any atom is -0.381 e. The van der Waals surface area contributed by atoms with Crippen LogP contribution in [0.15, 0.2) is 12.3 Å². The van der Waals surface area contributed by atoms with Crippen molar-refractivity contribution in [1.82, 2.24) is 14.9 Å². The molecule has 19 heavy (non-hydrogen) atoms. The molecule has 2 aliphatic rings. The molecule has 104 valence electrons. The number of rotatable bonds is 3. The topological polar surface area (TPSA) is 38.2 Å². The van der Waals surface area contributed by atoms with E-state index in [4.69, 9.17) is 4.74 Å². The molecule has 0 spiro atoms. The van der Waals surface area contributed by atoms with E-state index in [0.717, 1.165) is 37.2 Å². The van der Waals surface area contributed by atoms with Crippen LogP contribution in [0.4, 0.5) is 0 Å². The van der Waals surface area contributed by atoms with Gasteiger partial charge in [0.05, 0.1) is 0 Å². The van der Waals surface area contributed by atoms with E-state index in [1.807, 2.05) is 19.2 Å². The first kappa shape index (κ1) is 13.0. The zero-order valence-electron chi connectivity index (χ0n) is 11.7. The van der Waals surface area contributed by atoms with E-state index in [-0.39, 0.29) is 0 Å². The largest absolute Gasteiger partial charge is 0.381 e. The second-order valence-corrected chi connectivity index (χ2v) is 5.86. The summed E-state index contributed by atoms with van der Waals surface area (Å²) in [6.07, 6.45) is 5.54. The Morgan fingerprint density at radius 3 is 2.95 bits per heavy atom. The third-order valence-corrected chi connectivity index (χ3v) is 4.31. The van der Waals surface area contributed by atoms with Gasteiger partial charge in [0, 0.05) is 44.1 Å². The highest BCUT2D eigenvalue weighted by molar-refractivity contribution is 5.06. The zero-order chi connectivity index (χ0) is 13.1. The monoisotopic (exact) mass is 261 g/mol. The van der Waals surface area contributed by atoms with E-state index in [0.29, 0.717) is 5.92 Å². The summed E-state index contributed by atoms with van der Waals surface area (Å²) in [6, 6.07) is 1.97. The number of likely N-dealkylation sites (tertiary alicyclic amines) is 1. The Bertz CT molecular complexity index is 418. The van der Waals surface area contributed by atoms with Crippen LogP contribution in [-0.4, -0.2) is 47.7 Å². The van der Waals surface area contributed by atoms with Gasteiger partial charge in [-0.1, -0.05) is 0 Å². The van der Waals surface area contributed by atoms with E-state index >= 15 is 0 Å². The van der Waals surface area contributed by atoms with Crippen molar-refractivity contribution >= 4 is 0 Å². The number of ether oxygens (including phenoxy) is 1. The van der Waals surface area contributed by atoms with Crippen molar-refractivity contribution in [2.24, 2.45) is 5.92 Å². The second kappa shape index (κ2) is 5.97. The Morgan fingerprint density at radius 2 is 2.16 bits per heavy atom. The number of hydrogen-bond acceptors (Lipinski definition) is 4. The Labute approximate surface area is 115 Å². The van der Waals surface area contributed by atoms with E-state index in [1.54, 1.807) is 0 Å². The van der Waals surface area contributed by atoms with Gasteiger partial charge in [-0.2, -0.15) is 0 Å². The van der Waals surface area contributed by atoms with Gasteiger partial charge in [0.1, 0.15) is 5.82 Å². The van der Waals surface area contributed by atoms with Crippen LogP contribution in [0.25, 0.3) is 0 Å². The first-order valence-corrected chi connectivity index (χ1v) is 7.41. The summed E-state index contributed by atoms with van der Waals surface area (Å²) in [5.41, 5.74) is 1.08. The number of nitrogens with zero attached hydrogens (tertiary/aromatic N) is 3. The van der Waals surface area contributed by atoms with Crippen LogP contribution in [0.2, 0.25) is 0 Å². The van der Waals surface area contributed by atoms with E-state index in [1.165, 1.54) is 32.4 Å². The van der Waals surface area contributed by atoms with Crippen LogP contribution in [0.1, 0.15) is 36.7 Å². The molecule has 3 heterocycles. The van der Waals surface area contributed by atoms with Crippen LogP contribution in [0.5, 0.6) is 0 Å². The first-order chi connectivity index (χ1) is 9.31. The minimum atomic E-state index is 0.528. The van der Waals surface area contributed by atoms with Gasteiger partial charge in [0.15, 0.2) is 0 Å². The lowest BCUT2D eigenvalue weighted by molar-refractivity contribution is 0.0553. The molecule has 4 heteroatoms. The van der Waals surface area contributed by atoms with Crippen molar-refractivity contribution in [2.45, 2.75) is 32.1 Å². The quantitative estimate of drug-likeness (QED) is 0.834. The van der Waals surface area contributed by atoms with Gasteiger partial charge in [-0.05, 0) is 44.7 Å². The van der Waals surface area contributed by atoms with E-state index < -0.39 is 0 Å². The molecule has 4 nitrogen and oxygen atoms in total. The van der Waals surface area contributed by atoms with Gasteiger partial charge in [0.2, 0.25) is 0 Å². The lowest BCUT2D eigenvalue weighted by atomic mass is 10.00. The molecule has 2 fully saturated rings. The summed E-state index contributed by atoms with van der Waals surface area (Å²) in [5, 5.41) is 0. The van der Waals surface area contributed by atoms with Crippen molar-refractivity contribution in [1.29, 1.82) is 0 Å². The predicted octanol–water partition coefficient (Wildman–Crippen LogP) is 2.00. The summed E-state index contributed by atoms with van der Waals surface area (Å²) < 4.78 is 5.43. The Hall–Kier alpha value is -1.00. The second-order valence-electron chi connectivity index (χ2n) is 5.86. The molecule has 0 amide bonds. The van der Waals surface area contributed by atoms with Crippen molar-refractivity contribution in [3.05, 3.63) is 23.8 Å². The third-order valence-electron chi connectivity index (χ3n) is 4.31. The Morgan fingerprint density at radius 1 is 1.32 bits per heavy atom. The first-order valence-electron chi connectivity index (χ1n) is 7.41. The number of aryl methyl sites for hydroxylation is 1. The molecule has 2 saturated heterocycles. The fourth-order valence-electron chi connectivity index (χ4n) is 3.17. The van der Waals surface area contributed by atoms with Crippen LogP contribution in [0, 0.1) is 12.8 Å². The molecular formula is C15H23N3O. The average Bonchev–Trinajstić information content (AvgIpc) is 2.88. The van der Waals surface area contributed by atoms with Crippen LogP contribution >= 0.6 is 0 Å². The van der Waals surface area contributed by atoms with E-state index in [9.17, 15) is 0 Å². The molecule has 1 aromatic heterocycles. The van der Waals surface area contributed by atoms with Gasteiger partial charge in [-0.25, -0.2) is 9.97 Å². The predicted molar refractivity (Wildman–Crippen MR) is 74.1 cm³/mol. The minimum absolute atomic E-state index is 0.528. The van der Waals surface area contributed by atoms with Gasteiger partial charge in [0.25, 0.3) is 0 Å². The number of hydrogen-bond donors (Lipinski definition) is 0. The van der Waals surface area contributed by atoms with Crippen molar-refractivity contribution < 1.29 is 4.74 Å². The van der Waals surface area contributed by atoms with Gasteiger partial charge >= 0.3 is 0 Å². The molecule has 3 rings (SSSR count). The van der Waals surface area contributed by atoms with Gasteiger partial charge < -0.3 is 9.64 Å². The number of aromatic nitrogens is 2. The van der Waals surface area contributed by atoms with Gasteiger partial charge in [-0.15, -0.1) is 0 Å². The van der Waals surface area contributed by atoms with Crippen LogP contribution < -0.4 is 0 Å².